The zero-order valence-electron chi connectivity index (χ0n) is 11.6. The molecule has 0 fully saturated rings. The van der Waals surface area contributed by atoms with Crippen molar-refractivity contribution in [2.75, 3.05) is 13.1 Å². The van der Waals surface area contributed by atoms with E-state index in [1.54, 1.807) is 6.92 Å². The van der Waals surface area contributed by atoms with Crippen LogP contribution in [-0.4, -0.2) is 39.2 Å². The average molecular weight is 284 g/mol. The standard InChI is InChI=1S/C14H16N6O/c1-8-11(14(21)16-7-6-15)12(20-19-8)13-17-9-4-2-3-5-10(9)18-13/h2-5H,6-7,15H2,1H3,(H,16,21)(H,17,18)(H,19,20). The van der Waals surface area contributed by atoms with Crippen molar-refractivity contribution < 1.29 is 4.79 Å². The third kappa shape index (κ3) is 2.38. The van der Waals surface area contributed by atoms with Gasteiger partial charge in [-0.15, -0.1) is 0 Å². The van der Waals surface area contributed by atoms with E-state index in [1.807, 2.05) is 24.3 Å². The molecule has 108 valence electrons. The predicted octanol–water partition coefficient (Wildman–Crippen LogP) is 0.950. The Morgan fingerprint density at radius 1 is 1.38 bits per heavy atom. The van der Waals surface area contributed by atoms with Crippen LogP contribution in [0.25, 0.3) is 22.6 Å². The molecule has 2 heterocycles. The summed E-state index contributed by atoms with van der Waals surface area (Å²) in [5.41, 5.74) is 8.85. The second-order valence-electron chi connectivity index (χ2n) is 4.72. The van der Waals surface area contributed by atoms with Gasteiger partial charge in [0.1, 0.15) is 5.69 Å². The minimum atomic E-state index is -0.206. The van der Waals surface area contributed by atoms with Crippen molar-refractivity contribution in [1.29, 1.82) is 0 Å². The topological polar surface area (TPSA) is 112 Å². The van der Waals surface area contributed by atoms with Gasteiger partial charge in [0, 0.05) is 18.8 Å². The van der Waals surface area contributed by atoms with E-state index >= 15 is 0 Å². The minimum Gasteiger partial charge on any atom is -0.351 e. The molecule has 3 aromatic rings. The summed E-state index contributed by atoms with van der Waals surface area (Å²) in [6.07, 6.45) is 0. The Morgan fingerprint density at radius 3 is 2.95 bits per heavy atom. The van der Waals surface area contributed by atoms with Crippen LogP contribution >= 0.6 is 0 Å². The molecule has 0 aliphatic rings. The summed E-state index contributed by atoms with van der Waals surface area (Å²) in [5, 5.41) is 9.79. The van der Waals surface area contributed by atoms with E-state index in [2.05, 4.69) is 25.5 Å². The SMILES string of the molecule is Cc1[nH]nc(-c2nc3ccccc3[nH]2)c1C(=O)NCCN. The quantitative estimate of drug-likeness (QED) is 0.571. The van der Waals surface area contributed by atoms with E-state index in [-0.39, 0.29) is 5.91 Å². The molecule has 0 spiro atoms. The Bertz CT molecular complexity index is 755. The second kappa shape index (κ2) is 5.37. The van der Waals surface area contributed by atoms with Crippen LogP contribution in [0.1, 0.15) is 16.1 Å². The van der Waals surface area contributed by atoms with Gasteiger partial charge in [-0.25, -0.2) is 4.98 Å². The number of benzene rings is 1. The van der Waals surface area contributed by atoms with E-state index in [1.165, 1.54) is 0 Å². The highest BCUT2D eigenvalue weighted by Gasteiger charge is 2.21. The van der Waals surface area contributed by atoms with E-state index in [4.69, 9.17) is 5.73 Å². The van der Waals surface area contributed by atoms with E-state index in [0.717, 1.165) is 11.0 Å². The van der Waals surface area contributed by atoms with Crippen LogP contribution in [0.15, 0.2) is 24.3 Å². The monoisotopic (exact) mass is 284 g/mol. The van der Waals surface area contributed by atoms with Crippen molar-refractivity contribution in [3.05, 3.63) is 35.5 Å². The number of fused-ring (bicyclic) bond motifs is 1. The highest BCUT2D eigenvalue weighted by molar-refractivity contribution is 6.00. The maximum absolute atomic E-state index is 12.2. The van der Waals surface area contributed by atoms with Crippen molar-refractivity contribution >= 4 is 16.9 Å². The molecule has 21 heavy (non-hydrogen) atoms. The molecule has 0 radical (unpaired) electrons. The fraction of sp³-hybridized carbons (Fsp3) is 0.214. The van der Waals surface area contributed by atoms with Crippen LogP contribution in [0, 0.1) is 6.92 Å². The first-order valence-electron chi connectivity index (χ1n) is 6.69. The number of hydrogen-bond donors (Lipinski definition) is 4. The summed E-state index contributed by atoms with van der Waals surface area (Å²) >= 11 is 0. The summed E-state index contributed by atoms with van der Waals surface area (Å²) in [5.74, 6) is 0.362. The lowest BCUT2D eigenvalue weighted by Gasteiger charge is -2.03. The molecule has 0 unspecified atom stereocenters. The molecule has 0 aliphatic heterocycles. The lowest BCUT2D eigenvalue weighted by molar-refractivity contribution is 0.0955. The summed E-state index contributed by atoms with van der Waals surface area (Å²) < 4.78 is 0. The molecule has 0 bridgehead atoms. The highest BCUT2D eigenvalue weighted by atomic mass is 16.1. The molecule has 3 rings (SSSR count). The van der Waals surface area contributed by atoms with Crippen LogP contribution in [0.3, 0.4) is 0 Å². The largest absolute Gasteiger partial charge is 0.351 e. The summed E-state index contributed by atoms with van der Waals surface area (Å²) in [6.45, 7) is 2.61. The van der Waals surface area contributed by atoms with Crippen LogP contribution in [0.2, 0.25) is 0 Å². The molecule has 0 aliphatic carbocycles. The number of rotatable bonds is 4. The van der Waals surface area contributed by atoms with Crippen LogP contribution in [0.4, 0.5) is 0 Å². The molecular weight excluding hydrogens is 268 g/mol. The van der Waals surface area contributed by atoms with Crippen molar-refractivity contribution in [2.24, 2.45) is 5.73 Å². The molecule has 2 aromatic heterocycles. The Balaban J connectivity index is 2.04. The number of nitrogens with one attached hydrogen (secondary N) is 3. The summed E-state index contributed by atoms with van der Waals surface area (Å²) in [4.78, 5) is 19.9. The van der Waals surface area contributed by atoms with Gasteiger partial charge in [-0.05, 0) is 19.1 Å². The molecule has 0 saturated heterocycles. The molecule has 0 saturated carbocycles. The number of amides is 1. The van der Waals surface area contributed by atoms with E-state index in [0.29, 0.717) is 35.9 Å². The van der Waals surface area contributed by atoms with Crippen molar-refractivity contribution in [2.45, 2.75) is 6.92 Å². The number of aryl methyl sites for hydroxylation is 1. The summed E-state index contributed by atoms with van der Waals surface area (Å²) in [6, 6.07) is 7.68. The smallest absolute Gasteiger partial charge is 0.255 e. The fourth-order valence-electron chi connectivity index (χ4n) is 2.22. The lowest BCUT2D eigenvalue weighted by Crippen LogP contribution is -2.29. The molecule has 1 amide bonds. The van der Waals surface area contributed by atoms with Gasteiger partial charge in [0.2, 0.25) is 0 Å². The van der Waals surface area contributed by atoms with Crippen molar-refractivity contribution in [3.63, 3.8) is 0 Å². The number of para-hydroxylation sites is 2. The van der Waals surface area contributed by atoms with Gasteiger partial charge in [-0.2, -0.15) is 5.10 Å². The molecular formula is C14H16N6O. The first-order chi connectivity index (χ1) is 10.2. The van der Waals surface area contributed by atoms with Gasteiger partial charge in [-0.1, -0.05) is 12.1 Å². The second-order valence-corrected chi connectivity index (χ2v) is 4.72. The maximum Gasteiger partial charge on any atom is 0.255 e. The Kier molecular flexibility index (Phi) is 3.41. The molecule has 1 aromatic carbocycles. The number of imidazole rings is 1. The van der Waals surface area contributed by atoms with E-state index in [9.17, 15) is 4.79 Å². The van der Waals surface area contributed by atoms with Crippen LogP contribution < -0.4 is 11.1 Å². The Morgan fingerprint density at radius 2 is 2.19 bits per heavy atom. The molecule has 7 heteroatoms. The third-order valence-electron chi connectivity index (χ3n) is 3.22. The molecule has 5 N–H and O–H groups in total. The van der Waals surface area contributed by atoms with Crippen LogP contribution in [0.5, 0.6) is 0 Å². The number of nitrogens with zero attached hydrogens (tertiary/aromatic N) is 2. The lowest BCUT2D eigenvalue weighted by atomic mass is 10.1. The average Bonchev–Trinajstić information content (AvgIpc) is 3.07. The van der Waals surface area contributed by atoms with Gasteiger partial charge in [0.05, 0.1) is 16.6 Å². The Hall–Kier alpha value is -2.67. The van der Waals surface area contributed by atoms with Crippen molar-refractivity contribution in [3.8, 4) is 11.5 Å². The summed E-state index contributed by atoms with van der Waals surface area (Å²) in [7, 11) is 0. The number of H-pyrrole nitrogens is 2. The minimum absolute atomic E-state index is 0.206. The number of carbonyl (C=O) groups excluding carboxylic acids is 1. The Labute approximate surface area is 121 Å². The molecule has 0 atom stereocenters. The fourth-order valence-corrected chi connectivity index (χ4v) is 2.22. The van der Waals surface area contributed by atoms with Gasteiger partial charge in [0.25, 0.3) is 5.91 Å². The zero-order chi connectivity index (χ0) is 14.8. The number of nitrogens with two attached hydrogens (primary N) is 1. The predicted molar refractivity (Wildman–Crippen MR) is 79.8 cm³/mol. The third-order valence-corrected chi connectivity index (χ3v) is 3.22. The van der Waals surface area contributed by atoms with E-state index < -0.39 is 0 Å². The van der Waals surface area contributed by atoms with Gasteiger partial charge in [-0.3, -0.25) is 9.89 Å². The van der Waals surface area contributed by atoms with Gasteiger partial charge < -0.3 is 16.0 Å². The normalized spacial score (nSPS) is 11.0. The number of carbonyl (C=O) groups is 1. The zero-order valence-corrected chi connectivity index (χ0v) is 11.6. The van der Waals surface area contributed by atoms with Crippen LogP contribution in [-0.2, 0) is 0 Å². The maximum atomic E-state index is 12.2. The van der Waals surface area contributed by atoms with Gasteiger partial charge >= 0.3 is 0 Å². The van der Waals surface area contributed by atoms with Crippen molar-refractivity contribution in [1.82, 2.24) is 25.5 Å². The first-order valence-corrected chi connectivity index (χ1v) is 6.69. The number of aromatic nitrogens is 4. The first kappa shape index (κ1) is 13.3. The number of aromatic amines is 2. The molecule has 7 nitrogen and oxygen atoms in total. The van der Waals surface area contributed by atoms with Gasteiger partial charge in [0.15, 0.2) is 5.82 Å². The highest BCUT2D eigenvalue weighted by Crippen LogP contribution is 2.23. The number of hydrogen-bond acceptors (Lipinski definition) is 4.